The van der Waals surface area contributed by atoms with Crippen molar-refractivity contribution >= 4 is 11.8 Å². The highest BCUT2D eigenvalue weighted by Crippen LogP contribution is 2.31. The SMILES string of the molecule is CSc1ccccc1Oc1ccc([C@@H](C)O)cc1. The Kier molecular flexibility index (Phi) is 4.28. The first-order valence-corrected chi connectivity index (χ1v) is 7.02. The van der Waals surface area contributed by atoms with Gasteiger partial charge in [0.15, 0.2) is 0 Å². The third-order valence-electron chi connectivity index (χ3n) is 2.66. The zero-order valence-corrected chi connectivity index (χ0v) is 11.3. The van der Waals surface area contributed by atoms with Crippen LogP contribution in [0, 0.1) is 0 Å². The molecule has 0 spiro atoms. The summed E-state index contributed by atoms with van der Waals surface area (Å²) in [5, 5.41) is 9.44. The number of hydrogen-bond acceptors (Lipinski definition) is 3. The number of aliphatic hydroxyl groups is 1. The van der Waals surface area contributed by atoms with Crippen LogP contribution in [0.4, 0.5) is 0 Å². The smallest absolute Gasteiger partial charge is 0.140 e. The fourth-order valence-corrected chi connectivity index (χ4v) is 2.17. The van der Waals surface area contributed by atoms with E-state index in [4.69, 9.17) is 4.74 Å². The van der Waals surface area contributed by atoms with Gasteiger partial charge in [0.25, 0.3) is 0 Å². The van der Waals surface area contributed by atoms with Crippen LogP contribution < -0.4 is 4.74 Å². The molecule has 0 saturated carbocycles. The van der Waals surface area contributed by atoms with Gasteiger partial charge in [0.1, 0.15) is 11.5 Å². The molecule has 0 amide bonds. The van der Waals surface area contributed by atoms with Gasteiger partial charge in [0, 0.05) is 4.90 Å². The summed E-state index contributed by atoms with van der Waals surface area (Å²) in [6.45, 7) is 1.75. The molecule has 0 aliphatic rings. The topological polar surface area (TPSA) is 29.5 Å². The third-order valence-corrected chi connectivity index (χ3v) is 3.44. The van der Waals surface area contributed by atoms with E-state index < -0.39 is 6.10 Å². The Morgan fingerprint density at radius 3 is 2.33 bits per heavy atom. The van der Waals surface area contributed by atoms with E-state index in [0.29, 0.717) is 0 Å². The highest BCUT2D eigenvalue weighted by atomic mass is 32.2. The molecule has 2 nitrogen and oxygen atoms in total. The summed E-state index contributed by atoms with van der Waals surface area (Å²) in [6.07, 6.45) is 1.58. The monoisotopic (exact) mass is 260 g/mol. The molecular weight excluding hydrogens is 244 g/mol. The highest BCUT2D eigenvalue weighted by molar-refractivity contribution is 7.98. The molecule has 0 heterocycles. The summed E-state index contributed by atoms with van der Waals surface area (Å²) in [6, 6.07) is 15.4. The van der Waals surface area contributed by atoms with E-state index in [1.54, 1.807) is 18.7 Å². The molecule has 2 aromatic carbocycles. The van der Waals surface area contributed by atoms with Crippen LogP contribution in [0.1, 0.15) is 18.6 Å². The molecule has 0 radical (unpaired) electrons. The van der Waals surface area contributed by atoms with Crippen LogP contribution >= 0.6 is 11.8 Å². The average molecular weight is 260 g/mol. The van der Waals surface area contributed by atoms with Gasteiger partial charge in [-0.3, -0.25) is 0 Å². The summed E-state index contributed by atoms with van der Waals surface area (Å²) in [5.74, 6) is 1.63. The van der Waals surface area contributed by atoms with Crippen LogP contribution in [0.25, 0.3) is 0 Å². The Morgan fingerprint density at radius 2 is 1.72 bits per heavy atom. The normalized spacial score (nSPS) is 12.2. The van der Waals surface area contributed by atoms with E-state index in [-0.39, 0.29) is 0 Å². The molecule has 0 aromatic heterocycles. The molecule has 2 aromatic rings. The summed E-state index contributed by atoms with van der Waals surface area (Å²) < 4.78 is 5.83. The van der Waals surface area contributed by atoms with Gasteiger partial charge >= 0.3 is 0 Å². The lowest BCUT2D eigenvalue weighted by atomic mass is 10.1. The number of benzene rings is 2. The first-order chi connectivity index (χ1) is 8.70. The summed E-state index contributed by atoms with van der Waals surface area (Å²) in [7, 11) is 0. The second-order valence-corrected chi connectivity index (χ2v) is 4.85. The second kappa shape index (κ2) is 5.94. The molecule has 0 saturated heterocycles. The first kappa shape index (κ1) is 13.0. The molecular formula is C15H16O2S. The van der Waals surface area contributed by atoms with Crippen molar-refractivity contribution in [2.24, 2.45) is 0 Å². The zero-order valence-electron chi connectivity index (χ0n) is 10.5. The zero-order chi connectivity index (χ0) is 13.0. The fourth-order valence-electron chi connectivity index (χ4n) is 1.64. The van der Waals surface area contributed by atoms with E-state index in [9.17, 15) is 5.11 Å². The summed E-state index contributed by atoms with van der Waals surface area (Å²) >= 11 is 1.66. The van der Waals surface area contributed by atoms with Crippen molar-refractivity contribution in [2.45, 2.75) is 17.9 Å². The van der Waals surface area contributed by atoms with Crippen molar-refractivity contribution in [3.05, 3.63) is 54.1 Å². The Balaban J connectivity index is 2.18. The minimum atomic E-state index is -0.447. The number of para-hydroxylation sites is 1. The molecule has 18 heavy (non-hydrogen) atoms. The molecule has 1 N–H and O–H groups in total. The van der Waals surface area contributed by atoms with Gasteiger partial charge in [-0.25, -0.2) is 0 Å². The van der Waals surface area contributed by atoms with Crippen LogP contribution in [0.5, 0.6) is 11.5 Å². The van der Waals surface area contributed by atoms with Gasteiger partial charge in [-0.15, -0.1) is 11.8 Å². The van der Waals surface area contributed by atoms with E-state index >= 15 is 0 Å². The number of rotatable bonds is 4. The van der Waals surface area contributed by atoms with Gasteiger partial charge in [-0.2, -0.15) is 0 Å². The van der Waals surface area contributed by atoms with Crippen molar-refractivity contribution in [1.29, 1.82) is 0 Å². The minimum absolute atomic E-state index is 0.447. The molecule has 0 aliphatic carbocycles. The van der Waals surface area contributed by atoms with Crippen LogP contribution in [0.2, 0.25) is 0 Å². The van der Waals surface area contributed by atoms with Gasteiger partial charge in [0.2, 0.25) is 0 Å². The maximum absolute atomic E-state index is 9.44. The Morgan fingerprint density at radius 1 is 1.06 bits per heavy atom. The molecule has 0 unspecified atom stereocenters. The number of thioether (sulfide) groups is 1. The third kappa shape index (κ3) is 3.06. The second-order valence-electron chi connectivity index (χ2n) is 4.00. The van der Waals surface area contributed by atoms with Gasteiger partial charge < -0.3 is 9.84 Å². The lowest BCUT2D eigenvalue weighted by molar-refractivity contribution is 0.199. The summed E-state index contributed by atoms with van der Waals surface area (Å²) in [5.41, 5.74) is 0.889. The molecule has 0 aliphatic heterocycles. The summed E-state index contributed by atoms with van der Waals surface area (Å²) in [4.78, 5) is 1.11. The van der Waals surface area contributed by atoms with E-state index in [0.717, 1.165) is 22.0 Å². The molecule has 3 heteroatoms. The highest BCUT2D eigenvalue weighted by Gasteiger charge is 2.04. The van der Waals surface area contributed by atoms with Gasteiger partial charge in [-0.05, 0) is 43.0 Å². The molecule has 94 valence electrons. The molecule has 0 bridgehead atoms. The fraction of sp³-hybridized carbons (Fsp3) is 0.200. The Hall–Kier alpha value is -1.45. The Labute approximate surface area is 112 Å². The predicted octanol–water partition coefficient (Wildman–Crippen LogP) is 4.25. The molecule has 2 rings (SSSR count). The van der Waals surface area contributed by atoms with E-state index in [1.165, 1.54) is 0 Å². The van der Waals surface area contributed by atoms with Gasteiger partial charge in [0.05, 0.1) is 6.10 Å². The lowest BCUT2D eigenvalue weighted by Crippen LogP contribution is -1.91. The van der Waals surface area contributed by atoms with Crippen LogP contribution in [0.15, 0.2) is 53.4 Å². The quantitative estimate of drug-likeness (QED) is 0.833. The Bertz CT molecular complexity index is 506. The van der Waals surface area contributed by atoms with Crippen LogP contribution in [-0.4, -0.2) is 11.4 Å². The van der Waals surface area contributed by atoms with Crippen molar-refractivity contribution < 1.29 is 9.84 Å². The minimum Gasteiger partial charge on any atom is -0.456 e. The largest absolute Gasteiger partial charge is 0.456 e. The van der Waals surface area contributed by atoms with Crippen molar-refractivity contribution in [1.82, 2.24) is 0 Å². The number of ether oxygens (including phenoxy) is 1. The average Bonchev–Trinajstić information content (AvgIpc) is 2.40. The van der Waals surface area contributed by atoms with Crippen LogP contribution in [-0.2, 0) is 0 Å². The predicted molar refractivity (Wildman–Crippen MR) is 75.4 cm³/mol. The van der Waals surface area contributed by atoms with Crippen molar-refractivity contribution in [3.63, 3.8) is 0 Å². The molecule has 1 atom stereocenters. The standard InChI is InChI=1S/C15H16O2S/c1-11(16)12-7-9-13(10-8-12)17-14-5-3-4-6-15(14)18-2/h3-11,16H,1-2H3/t11-/m1/s1. The number of hydrogen-bond donors (Lipinski definition) is 1. The van der Waals surface area contributed by atoms with E-state index in [2.05, 4.69) is 0 Å². The maximum atomic E-state index is 9.44. The van der Waals surface area contributed by atoms with Gasteiger partial charge in [-0.1, -0.05) is 24.3 Å². The lowest BCUT2D eigenvalue weighted by Gasteiger charge is -2.10. The first-order valence-electron chi connectivity index (χ1n) is 5.79. The van der Waals surface area contributed by atoms with E-state index in [1.807, 2.05) is 54.8 Å². The van der Waals surface area contributed by atoms with Crippen molar-refractivity contribution in [2.75, 3.05) is 6.26 Å². The van der Waals surface area contributed by atoms with Crippen molar-refractivity contribution in [3.8, 4) is 11.5 Å². The maximum Gasteiger partial charge on any atom is 0.140 e. The van der Waals surface area contributed by atoms with Crippen LogP contribution in [0.3, 0.4) is 0 Å². The number of aliphatic hydroxyl groups excluding tert-OH is 1. The molecule has 0 fully saturated rings.